The fourth-order valence-corrected chi connectivity index (χ4v) is 1.63. The van der Waals surface area contributed by atoms with Crippen LogP contribution < -0.4 is 5.56 Å². The van der Waals surface area contributed by atoms with E-state index in [9.17, 15) is 18.0 Å². The van der Waals surface area contributed by atoms with Gasteiger partial charge in [-0.05, 0) is 18.9 Å². The zero-order valence-electron chi connectivity index (χ0n) is 9.64. The second-order valence-electron chi connectivity index (χ2n) is 4.13. The van der Waals surface area contributed by atoms with Gasteiger partial charge in [0.2, 0.25) is 0 Å². The zero-order chi connectivity index (χ0) is 12.7. The molecule has 5 heteroatoms. The second kappa shape index (κ2) is 3.96. The molecule has 0 bridgehead atoms. The number of aromatic nitrogens is 1. The molecule has 90 valence electrons. The van der Waals surface area contributed by atoms with Crippen LogP contribution in [-0.2, 0) is 13.2 Å². The van der Waals surface area contributed by atoms with Gasteiger partial charge in [0.05, 0.1) is 5.56 Å². The van der Waals surface area contributed by atoms with Gasteiger partial charge in [-0.2, -0.15) is 13.2 Å². The third-order valence-corrected chi connectivity index (χ3v) is 2.59. The molecule has 0 saturated carbocycles. The molecule has 0 aromatic carbocycles. The molecular formula is C11H14F3NO. The van der Waals surface area contributed by atoms with Crippen molar-refractivity contribution in [1.29, 1.82) is 0 Å². The van der Waals surface area contributed by atoms with Gasteiger partial charge in [-0.25, -0.2) is 0 Å². The molecule has 1 heterocycles. The standard InChI is InChI=1S/C11H14F3NO/c1-6(2)9-8(11(12,13)14)5-7(3)15(4)10(9)16/h5-6H,1-4H3. The van der Waals surface area contributed by atoms with Crippen LogP contribution in [0.15, 0.2) is 10.9 Å². The van der Waals surface area contributed by atoms with Crippen LogP contribution in [0.2, 0.25) is 0 Å². The van der Waals surface area contributed by atoms with Crippen LogP contribution in [0.1, 0.15) is 36.6 Å². The molecule has 0 atom stereocenters. The van der Waals surface area contributed by atoms with E-state index in [2.05, 4.69) is 0 Å². The van der Waals surface area contributed by atoms with E-state index < -0.39 is 23.2 Å². The molecule has 2 nitrogen and oxygen atoms in total. The summed E-state index contributed by atoms with van der Waals surface area (Å²) in [5.41, 5.74) is -1.24. The van der Waals surface area contributed by atoms with Gasteiger partial charge < -0.3 is 4.57 Å². The summed E-state index contributed by atoms with van der Waals surface area (Å²) < 4.78 is 39.5. The molecule has 1 aromatic heterocycles. The number of hydrogen-bond acceptors (Lipinski definition) is 1. The van der Waals surface area contributed by atoms with Crippen molar-refractivity contribution in [2.45, 2.75) is 32.9 Å². The van der Waals surface area contributed by atoms with Gasteiger partial charge in [0, 0.05) is 18.3 Å². The third-order valence-electron chi connectivity index (χ3n) is 2.59. The normalized spacial score (nSPS) is 12.2. The largest absolute Gasteiger partial charge is 0.416 e. The Morgan fingerprint density at radius 1 is 1.31 bits per heavy atom. The van der Waals surface area contributed by atoms with E-state index in [0.717, 1.165) is 6.07 Å². The summed E-state index contributed by atoms with van der Waals surface area (Å²) in [5.74, 6) is -0.448. The van der Waals surface area contributed by atoms with Gasteiger partial charge in [-0.1, -0.05) is 13.8 Å². The number of hydrogen-bond donors (Lipinski definition) is 0. The van der Waals surface area contributed by atoms with Gasteiger partial charge in [0.15, 0.2) is 0 Å². The van der Waals surface area contributed by atoms with Crippen LogP contribution in [-0.4, -0.2) is 4.57 Å². The van der Waals surface area contributed by atoms with E-state index in [4.69, 9.17) is 0 Å². The summed E-state index contributed by atoms with van der Waals surface area (Å²) in [5, 5.41) is 0. The van der Waals surface area contributed by atoms with Gasteiger partial charge in [-0.15, -0.1) is 0 Å². The molecule has 0 saturated heterocycles. The molecule has 0 N–H and O–H groups in total. The van der Waals surface area contributed by atoms with E-state index >= 15 is 0 Å². The fourth-order valence-electron chi connectivity index (χ4n) is 1.63. The Morgan fingerprint density at radius 3 is 2.19 bits per heavy atom. The molecular weight excluding hydrogens is 219 g/mol. The highest BCUT2D eigenvalue weighted by atomic mass is 19.4. The SMILES string of the molecule is Cc1cc(C(F)(F)F)c(C(C)C)c(=O)n1C. The number of alkyl halides is 3. The zero-order valence-corrected chi connectivity index (χ0v) is 9.64. The van der Waals surface area contributed by atoms with Crippen LogP contribution in [0.4, 0.5) is 13.2 Å². The number of halogens is 3. The van der Waals surface area contributed by atoms with Crippen molar-refractivity contribution >= 4 is 0 Å². The Morgan fingerprint density at radius 2 is 1.81 bits per heavy atom. The highest BCUT2D eigenvalue weighted by Gasteiger charge is 2.36. The van der Waals surface area contributed by atoms with Crippen molar-refractivity contribution in [3.05, 3.63) is 33.2 Å². The van der Waals surface area contributed by atoms with Crippen molar-refractivity contribution in [2.75, 3.05) is 0 Å². The maximum absolute atomic E-state index is 12.8. The molecule has 0 aliphatic heterocycles. The first-order valence-electron chi connectivity index (χ1n) is 4.94. The van der Waals surface area contributed by atoms with Gasteiger partial charge >= 0.3 is 6.18 Å². The number of pyridine rings is 1. The molecule has 0 aliphatic rings. The van der Waals surface area contributed by atoms with Crippen LogP contribution >= 0.6 is 0 Å². The van der Waals surface area contributed by atoms with Crippen LogP contribution in [0.25, 0.3) is 0 Å². The minimum atomic E-state index is -4.47. The molecule has 1 rings (SSSR count). The van der Waals surface area contributed by atoms with Gasteiger partial charge in [-0.3, -0.25) is 4.79 Å². The average Bonchev–Trinajstić information content (AvgIpc) is 2.11. The van der Waals surface area contributed by atoms with E-state index in [0.29, 0.717) is 5.69 Å². The lowest BCUT2D eigenvalue weighted by atomic mass is 9.98. The predicted molar refractivity (Wildman–Crippen MR) is 55.5 cm³/mol. The van der Waals surface area contributed by atoms with Crippen molar-refractivity contribution in [3.63, 3.8) is 0 Å². The molecule has 0 fully saturated rings. The first-order valence-corrected chi connectivity index (χ1v) is 4.94. The number of aryl methyl sites for hydroxylation is 1. The van der Waals surface area contributed by atoms with Crippen molar-refractivity contribution in [1.82, 2.24) is 4.57 Å². The second-order valence-corrected chi connectivity index (χ2v) is 4.13. The monoisotopic (exact) mass is 233 g/mol. The van der Waals surface area contributed by atoms with Gasteiger partial charge in [0.25, 0.3) is 5.56 Å². The predicted octanol–water partition coefficient (Wildman–Crippen LogP) is 2.84. The minimum absolute atomic E-state index is 0.166. The first kappa shape index (κ1) is 12.8. The highest BCUT2D eigenvalue weighted by Crippen LogP contribution is 2.33. The first-order chi connectivity index (χ1) is 7.16. The van der Waals surface area contributed by atoms with Crippen LogP contribution in [0.5, 0.6) is 0 Å². The number of nitrogens with zero attached hydrogens (tertiary/aromatic N) is 1. The summed E-state index contributed by atoms with van der Waals surface area (Å²) in [6.45, 7) is 4.66. The highest BCUT2D eigenvalue weighted by molar-refractivity contribution is 5.32. The molecule has 16 heavy (non-hydrogen) atoms. The Balaban J connectivity index is 3.68. The van der Waals surface area contributed by atoms with Gasteiger partial charge in [0.1, 0.15) is 0 Å². The molecule has 0 amide bonds. The Hall–Kier alpha value is -1.26. The van der Waals surface area contributed by atoms with Crippen LogP contribution in [0, 0.1) is 6.92 Å². The Labute approximate surface area is 91.7 Å². The molecule has 0 radical (unpaired) electrons. The summed E-state index contributed by atoms with van der Waals surface area (Å²) in [6, 6.07) is 1.02. The van der Waals surface area contributed by atoms with E-state index in [1.807, 2.05) is 0 Å². The van der Waals surface area contributed by atoms with E-state index in [-0.39, 0.29) is 5.56 Å². The van der Waals surface area contributed by atoms with Crippen molar-refractivity contribution in [2.24, 2.45) is 7.05 Å². The smallest absolute Gasteiger partial charge is 0.316 e. The third kappa shape index (κ3) is 2.13. The number of rotatable bonds is 1. The molecule has 1 aromatic rings. The lowest BCUT2D eigenvalue weighted by Gasteiger charge is -2.17. The Kier molecular flexibility index (Phi) is 3.17. The molecule has 0 aliphatic carbocycles. The lowest BCUT2D eigenvalue weighted by molar-refractivity contribution is -0.138. The van der Waals surface area contributed by atoms with E-state index in [1.54, 1.807) is 13.8 Å². The minimum Gasteiger partial charge on any atom is -0.316 e. The quantitative estimate of drug-likeness (QED) is 0.731. The van der Waals surface area contributed by atoms with Crippen LogP contribution in [0.3, 0.4) is 0 Å². The summed E-state index contributed by atoms with van der Waals surface area (Å²) in [7, 11) is 1.48. The maximum atomic E-state index is 12.8. The van der Waals surface area contributed by atoms with Crippen molar-refractivity contribution < 1.29 is 13.2 Å². The van der Waals surface area contributed by atoms with Crippen molar-refractivity contribution in [3.8, 4) is 0 Å². The average molecular weight is 233 g/mol. The summed E-state index contributed by atoms with van der Waals surface area (Å²) in [6.07, 6.45) is -4.47. The lowest BCUT2D eigenvalue weighted by Crippen LogP contribution is -2.28. The maximum Gasteiger partial charge on any atom is 0.416 e. The topological polar surface area (TPSA) is 22.0 Å². The summed E-state index contributed by atoms with van der Waals surface area (Å²) in [4.78, 5) is 11.8. The fraction of sp³-hybridized carbons (Fsp3) is 0.545. The Bertz CT molecular complexity index is 458. The molecule has 0 spiro atoms. The molecule has 0 unspecified atom stereocenters. The summed E-state index contributed by atoms with van der Waals surface area (Å²) >= 11 is 0. The van der Waals surface area contributed by atoms with E-state index in [1.165, 1.54) is 18.5 Å².